The van der Waals surface area contributed by atoms with E-state index in [1.165, 1.54) is 0 Å². The number of nitrogens with two attached hydrogens (primary N) is 1. The maximum absolute atomic E-state index is 12.7. The molecular weight excluding hydrogens is 266 g/mol. The summed E-state index contributed by atoms with van der Waals surface area (Å²) in [6.45, 7) is 1.88. The lowest BCUT2D eigenvalue weighted by atomic mass is 10.1. The van der Waals surface area contributed by atoms with E-state index < -0.39 is 12.4 Å². The highest BCUT2D eigenvalue weighted by Gasteiger charge is 2.18. The average molecular weight is 279 g/mol. The van der Waals surface area contributed by atoms with Crippen LogP contribution >= 0.6 is 11.6 Å². The summed E-state index contributed by atoms with van der Waals surface area (Å²) in [7, 11) is 0. The van der Waals surface area contributed by atoms with Gasteiger partial charge in [0, 0.05) is 5.56 Å². The minimum Gasteiger partial charge on any atom is -0.466 e. The maximum atomic E-state index is 12.7. The number of halogens is 3. The highest BCUT2D eigenvalue weighted by atomic mass is 35.5. The Labute approximate surface area is 108 Å². The van der Waals surface area contributed by atoms with Gasteiger partial charge in [0.1, 0.15) is 0 Å². The SMILES string of the molecule is CCOC(=O)Cc1cc(C(F)F)c(N)c(CCl)n1. The molecule has 0 aromatic carbocycles. The molecule has 1 aromatic heterocycles. The fraction of sp³-hybridized carbons (Fsp3) is 0.455. The molecule has 1 rings (SSSR count). The summed E-state index contributed by atoms with van der Waals surface area (Å²) in [4.78, 5) is 15.2. The third-order valence-electron chi connectivity index (χ3n) is 2.22. The number of hydrogen-bond acceptors (Lipinski definition) is 4. The second-order valence-electron chi connectivity index (χ2n) is 3.48. The van der Waals surface area contributed by atoms with Crippen LogP contribution in [0.1, 0.15) is 30.3 Å². The van der Waals surface area contributed by atoms with Crippen molar-refractivity contribution in [1.29, 1.82) is 0 Å². The van der Waals surface area contributed by atoms with Crippen LogP contribution in [0.3, 0.4) is 0 Å². The minimum absolute atomic E-state index is 0.0950. The van der Waals surface area contributed by atoms with Crippen LogP contribution in [0.5, 0.6) is 0 Å². The Morgan fingerprint density at radius 2 is 2.28 bits per heavy atom. The van der Waals surface area contributed by atoms with Crippen molar-refractivity contribution in [2.24, 2.45) is 0 Å². The van der Waals surface area contributed by atoms with Crippen molar-refractivity contribution in [3.05, 3.63) is 23.0 Å². The van der Waals surface area contributed by atoms with Gasteiger partial charge in [-0.15, -0.1) is 11.6 Å². The summed E-state index contributed by atoms with van der Waals surface area (Å²) in [6.07, 6.45) is -2.92. The van der Waals surface area contributed by atoms with Crippen molar-refractivity contribution in [3.8, 4) is 0 Å². The Morgan fingerprint density at radius 3 is 2.78 bits per heavy atom. The zero-order valence-corrected chi connectivity index (χ0v) is 10.5. The maximum Gasteiger partial charge on any atom is 0.311 e. The van der Waals surface area contributed by atoms with Gasteiger partial charge in [-0.05, 0) is 13.0 Å². The molecule has 0 saturated carbocycles. The first-order valence-corrected chi connectivity index (χ1v) is 5.80. The number of hydrogen-bond donors (Lipinski definition) is 1. The number of alkyl halides is 3. The number of carbonyl (C=O) groups excluding carboxylic acids is 1. The van der Waals surface area contributed by atoms with E-state index in [2.05, 4.69) is 4.98 Å². The molecule has 4 nitrogen and oxygen atoms in total. The van der Waals surface area contributed by atoms with Gasteiger partial charge in [0.15, 0.2) is 0 Å². The van der Waals surface area contributed by atoms with Crippen LogP contribution in [0.4, 0.5) is 14.5 Å². The van der Waals surface area contributed by atoms with E-state index in [0.29, 0.717) is 0 Å². The van der Waals surface area contributed by atoms with Crippen molar-refractivity contribution in [2.45, 2.75) is 25.7 Å². The molecule has 0 spiro atoms. The molecule has 1 heterocycles. The molecule has 7 heteroatoms. The molecule has 0 amide bonds. The molecule has 2 N–H and O–H groups in total. The van der Waals surface area contributed by atoms with Gasteiger partial charge in [-0.1, -0.05) is 0 Å². The lowest BCUT2D eigenvalue weighted by Gasteiger charge is -2.11. The van der Waals surface area contributed by atoms with Crippen LogP contribution in [0.25, 0.3) is 0 Å². The van der Waals surface area contributed by atoms with Crippen LogP contribution in [-0.4, -0.2) is 17.6 Å². The Kier molecular flexibility index (Phi) is 5.27. The number of pyridine rings is 1. The summed E-state index contributed by atoms with van der Waals surface area (Å²) in [5, 5.41) is 0. The lowest BCUT2D eigenvalue weighted by Crippen LogP contribution is -2.11. The Hall–Kier alpha value is -1.43. The van der Waals surface area contributed by atoms with E-state index in [0.717, 1.165) is 6.07 Å². The second kappa shape index (κ2) is 6.49. The molecular formula is C11H13ClF2N2O2. The fourth-order valence-electron chi connectivity index (χ4n) is 1.42. The van der Waals surface area contributed by atoms with Crippen LogP contribution in [-0.2, 0) is 21.8 Å². The average Bonchev–Trinajstić information content (AvgIpc) is 2.31. The molecule has 1 aromatic rings. The number of esters is 1. The monoisotopic (exact) mass is 278 g/mol. The van der Waals surface area contributed by atoms with Gasteiger partial charge in [0.25, 0.3) is 6.43 Å². The minimum atomic E-state index is -2.74. The van der Waals surface area contributed by atoms with Crippen molar-refractivity contribution in [2.75, 3.05) is 12.3 Å². The van der Waals surface area contributed by atoms with Crippen molar-refractivity contribution in [3.63, 3.8) is 0 Å². The van der Waals surface area contributed by atoms with E-state index in [1.54, 1.807) is 6.92 Å². The van der Waals surface area contributed by atoms with Crippen molar-refractivity contribution >= 4 is 23.3 Å². The smallest absolute Gasteiger partial charge is 0.311 e. The van der Waals surface area contributed by atoms with Crippen LogP contribution < -0.4 is 5.73 Å². The van der Waals surface area contributed by atoms with Gasteiger partial charge in [0.2, 0.25) is 0 Å². The van der Waals surface area contributed by atoms with E-state index in [4.69, 9.17) is 22.1 Å². The van der Waals surface area contributed by atoms with Gasteiger partial charge >= 0.3 is 5.97 Å². The van der Waals surface area contributed by atoms with Crippen LogP contribution in [0.15, 0.2) is 6.07 Å². The van der Waals surface area contributed by atoms with Gasteiger partial charge in [-0.25, -0.2) is 8.78 Å². The standard InChI is InChI=1S/C11H13ClF2N2O2/c1-2-18-9(17)4-6-3-7(11(13)14)10(15)8(5-12)16-6/h3,11H,2,4-5,15H2,1H3. The largest absolute Gasteiger partial charge is 0.466 e. The van der Waals surface area contributed by atoms with E-state index in [-0.39, 0.29) is 41.5 Å². The summed E-state index contributed by atoms with van der Waals surface area (Å²) in [6, 6.07) is 1.10. The number of carbonyl (C=O) groups is 1. The quantitative estimate of drug-likeness (QED) is 0.664. The molecule has 0 aliphatic rings. The first kappa shape index (κ1) is 14.6. The second-order valence-corrected chi connectivity index (χ2v) is 3.75. The number of nitrogens with zero attached hydrogens (tertiary/aromatic N) is 1. The number of anilines is 1. The lowest BCUT2D eigenvalue weighted by molar-refractivity contribution is -0.142. The third kappa shape index (κ3) is 3.53. The van der Waals surface area contributed by atoms with E-state index in [9.17, 15) is 13.6 Å². The fourth-order valence-corrected chi connectivity index (χ4v) is 1.63. The van der Waals surface area contributed by atoms with Crippen LogP contribution in [0, 0.1) is 0 Å². The normalized spacial score (nSPS) is 10.7. The molecule has 0 atom stereocenters. The Balaban J connectivity index is 3.06. The summed E-state index contributed by atoms with van der Waals surface area (Å²) >= 11 is 5.57. The van der Waals surface area contributed by atoms with E-state index in [1.807, 2.05) is 0 Å². The molecule has 0 aliphatic heterocycles. The molecule has 0 radical (unpaired) electrons. The molecule has 0 unspecified atom stereocenters. The summed E-state index contributed by atoms with van der Waals surface area (Å²) in [5.41, 5.74) is 5.34. The van der Waals surface area contributed by atoms with Gasteiger partial charge in [-0.3, -0.25) is 9.78 Å². The molecule has 0 aliphatic carbocycles. The number of ether oxygens (including phenoxy) is 1. The topological polar surface area (TPSA) is 65.2 Å². The van der Waals surface area contributed by atoms with Crippen molar-refractivity contribution in [1.82, 2.24) is 4.98 Å². The third-order valence-corrected chi connectivity index (χ3v) is 2.47. The zero-order chi connectivity index (χ0) is 13.7. The Morgan fingerprint density at radius 1 is 1.61 bits per heavy atom. The molecule has 0 fully saturated rings. The molecule has 0 bridgehead atoms. The predicted molar refractivity (Wildman–Crippen MR) is 63.5 cm³/mol. The number of rotatable bonds is 5. The zero-order valence-electron chi connectivity index (χ0n) is 9.75. The van der Waals surface area contributed by atoms with Gasteiger partial charge in [-0.2, -0.15) is 0 Å². The predicted octanol–water partition coefficient (Wildman–Crippen LogP) is 2.45. The molecule has 100 valence electrons. The number of nitrogen functional groups attached to an aromatic ring is 1. The molecule has 0 saturated heterocycles. The van der Waals surface area contributed by atoms with Gasteiger partial charge < -0.3 is 10.5 Å². The summed E-state index contributed by atoms with van der Waals surface area (Å²) in [5.74, 6) is -0.627. The molecule has 18 heavy (non-hydrogen) atoms. The van der Waals surface area contributed by atoms with Crippen molar-refractivity contribution < 1.29 is 18.3 Å². The summed E-state index contributed by atoms with van der Waals surface area (Å²) < 4.78 is 30.2. The van der Waals surface area contributed by atoms with Crippen LogP contribution in [0.2, 0.25) is 0 Å². The van der Waals surface area contributed by atoms with E-state index >= 15 is 0 Å². The highest BCUT2D eigenvalue weighted by Crippen LogP contribution is 2.28. The first-order valence-electron chi connectivity index (χ1n) is 5.27. The van der Waals surface area contributed by atoms with Gasteiger partial charge in [0.05, 0.1) is 36.0 Å². The number of aromatic nitrogens is 1. The first-order chi connectivity index (χ1) is 8.49. The highest BCUT2D eigenvalue weighted by molar-refractivity contribution is 6.17. The Bertz CT molecular complexity index is 441.